The molecule has 1 aliphatic rings. The summed E-state index contributed by atoms with van der Waals surface area (Å²) >= 11 is 1.05. The molecule has 172 valence electrons. The molecule has 0 saturated carbocycles. The van der Waals surface area contributed by atoms with E-state index in [0.717, 1.165) is 29.9 Å². The fraction of sp³-hybridized carbons (Fsp3) is 0.320. The number of furan rings is 1. The van der Waals surface area contributed by atoms with Crippen LogP contribution in [0.4, 0.5) is 5.00 Å². The molecule has 1 aromatic carbocycles. The van der Waals surface area contributed by atoms with Crippen LogP contribution < -0.4 is 10.1 Å². The number of carbonyl (C=O) groups is 3. The smallest absolute Gasteiger partial charge is 0.341 e. The Morgan fingerprint density at radius 2 is 1.91 bits per heavy atom. The molecule has 0 fully saturated rings. The first-order valence-electron chi connectivity index (χ1n) is 10.8. The molecule has 3 aromatic rings. The second kappa shape index (κ2) is 9.62. The van der Waals surface area contributed by atoms with E-state index in [0.29, 0.717) is 16.2 Å². The van der Waals surface area contributed by atoms with E-state index >= 15 is 0 Å². The number of esters is 1. The lowest BCUT2D eigenvalue weighted by atomic mass is 10.1. The van der Waals surface area contributed by atoms with E-state index in [1.807, 2.05) is 6.07 Å². The van der Waals surface area contributed by atoms with E-state index in [2.05, 4.69) is 17.4 Å². The zero-order valence-corrected chi connectivity index (χ0v) is 19.6. The highest BCUT2D eigenvalue weighted by Crippen LogP contribution is 2.34. The second-order valence-electron chi connectivity index (χ2n) is 7.83. The third-order valence-corrected chi connectivity index (χ3v) is 6.82. The summed E-state index contributed by atoms with van der Waals surface area (Å²) in [6, 6.07) is 9.32. The zero-order valence-electron chi connectivity index (χ0n) is 18.8. The van der Waals surface area contributed by atoms with Crippen LogP contribution in [-0.2, 0) is 24.2 Å². The van der Waals surface area contributed by atoms with Crippen LogP contribution in [0.1, 0.15) is 73.3 Å². The summed E-state index contributed by atoms with van der Waals surface area (Å²) in [6.07, 6.45) is 3.35. The molecule has 1 N–H and O–H groups in total. The molecule has 0 spiro atoms. The molecule has 4 rings (SSSR count). The Balaban J connectivity index is 1.46. The highest BCUT2D eigenvalue weighted by Gasteiger charge is 2.26. The van der Waals surface area contributed by atoms with Crippen molar-refractivity contribution in [2.45, 2.75) is 46.6 Å². The predicted molar refractivity (Wildman–Crippen MR) is 124 cm³/mol. The predicted octanol–water partition coefficient (Wildman–Crippen LogP) is 5.35. The minimum Gasteiger partial charge on any atom is -0.486 e. The molecule has 0 radical (unpaired) electrons. The van der Waals surface area contributed by atoms with E-state index in [1.165, 1.54) is 24.5 Å². The molecule has 8 heteroatoms. The van der Waals surface area contributed by atoms with Gasteiger partial charge in [0, 0.05) is 0 Å². The average molecular weight is 468 g/mol. The number of rotatable bonds is 8. The number of ketones is 1. The molecule has 0 unspecified atom stereocenters. The average Bonchev–Trinajstić information content (AvgIpc) is 3.50. The SMILES string of the molecule is CCOC(=O)c1c(NC(=O)c2ccc(COc3ccc4c(c3)CCC4)o2)sc(C(C)=O)c1C. The van der Waals surface area contributed by atoms with Gasteiger partial charge in [0.2, 0.25) is 0 Å². The topological polar surface area (TPSA) is 94.8 Å². The minimum atomic E-state index is -0.586. The molecule has 1 amide bonds. The number of thiophene rings is 1. The van der Waals surface area contributed by atoms with Crippen molar-refractivity contribution in [1.82, 2.24) is 0 Å². The first kappa shape index (κ1) is 22.8. The summed E-state index contributed by atoms with van der Waals surface area (Å²) in [5.74, 6) is 0.0407. The molecule has 0 atom stereocenters. The molecular weight excluding hydrogens is 442 g/mol. The van der Waals surface area contributed by atoms with Gasteiger partial charge in [-0.15, -0.1) is 11.3 Å². The lowest BCUT2D eigenvalue weighted by Crippen LogP contribution is -2.14. The van der Waals surface area contributed by atoms with Gasteiger partial charge in [-0.1, -0.05) is 6.07 Å². The number of ether oxygens (including phenoxy) is 2. The number of amides is 1. The molecule has 2 heterocycles. The van der Waals surface area contributed by atoms with E-state index in [4.69, 9.17) is 13.9 Å². The lowest BCUT2D eigenvalue weighted by molar-refractivity contribution is 0.0527. The number of anilines is 1. The van der Waals surface area contributed by atoms with Gasteiger partial charge in [-0.2, -0.15) is 0 Å². The van der Waals surface area contributed by atoms with Crippen LogP contribution in [0, 0.1) is 6.92 Å². The van der Waals surface area contributed by atoms with Gasteiger partial charge in [0.25, 0.3) is 5.91 Å². The molecule has 33 heavy (non-hydrogen) atoms. The van der Waals surface area contributed by atoms with Crippen LogP contribution in [0.2, 0.25) is 0 Å². The first-order valence-corrected chi connectivity index (χ1v) is 11.6. The van der Waals surface area contributed by atoms with Gasteiger partial charge in [-0.25, -0.2) is 4.79 Å². The number of nitrogens with one attached hydrogen (secondary N) is 1. The number of Topliss-reactive ketones (excluding diaryl/α,β-unsaturated/α-hetero) is 1. The fourth-order valence-corrected chi connectivity index (χ4v) is 5.01. The Labute approximate surface area is 195 Å². The summed E-state index contributed by atoms with van der Waals surface area (Å²) in [7, 11) is 0. The van der Waals surface area contributed by atoms with Crippen LogP contribution in [0.5, 0.6) is 5.75 Å². The van der Waals surface area contributed by atoms with E-state index in [-0.39, 0.29) is 35.3 Å². The lowest BCUT2D eigenvalue weighted by Gasteiger charge is -2.07. The van der Waals surface area contributed by atoms with Crippen LogP contribution in [0.25, 0.3) is 0 Å². The summed E-state index contributed by atoms with van der Waals surface area (Å²) in [6.45, 7) is 5.14. The van der Waals surface area contributed by atoms with Crippen molar-refractivity contribution in [2.24, 2.45) is 0 Å². The molecule has 0 aliphatic heterocycles. The summed E-state index contributed by atoms with van der Waals surface area (Å²) < 4.78 is 16.6. The third kappa shape index (κ3) is 4.85. The van der Waals surface area contributed by atoms with Crippen LogP contribution in [-0.4, -0.2) is 24.3 Å². The first-order chi connectivity index (χ1) is 15.9. The molecule has 2 aromatic heterocycles. The van der Waals surface area contributed by atoms with Crippen molar-refractivity contribution < 1.29 is 28.3 Å². The number of hydrogen-bond donors (Lipinski definition) is 1. The summed E-state index contributed by atoms with van der Waals surface area (Å²) in [4.78, 5) is 37.5. The van der Waals surface area contributed by atoms with E-state index in [1.54, 1.807) is 26.0 Å². The Morgan fingerprint density at radius 3 is 2.67 bits per heavy atom. The van der Waals surface area contributed by atoms with Crippen molar-refractivity contribution in [3.63, 3.8) is 0 Å². The van der Waals surface area contributed by atoms with Crippen molar-refractivity contribution in [1.29, 1.82) is 0 Å². The maximum Gasteiger partial charge on any atom is 0.341 e. The standard InChI is InChI=1S/C25H25NO6S/c1-4-30-25(29)21-14(2)22(15(3)27)33-24(21)26-23(28)20-11-10-19(32-20)13-31-18-9-8-16-6-5-7-17(16)12-18/h8-12H,4-7,13H2,1-3H3,(H,26,28). The number of fused-ring (bicyclic) bond motifs is 1. The zero-order chi connectivity index (χ0) is 23.5. The molecule has 0 bridgehead atoms. The second-order valence-corrected chi connectivity index (χ2v) is 8.85. The van der Waals surface area contributed by atoms with Crippen molar-refractivity contribution in [2.75, 3.05) is 11.9 Å². The monoisotopic (exact) mass is 467 g/mol. The van der Waals surface area contributed by atoms with Gasteiger partial charge in [-0.05, 0) is 81.0 Å². The highest BCUT2D eigenvalue weighted by molar-refractivity contribution is 7.18. The van der Waals surface area contributed by atoms with Crippen molar-refractivity contribution in [3.05, 3.63) is 69.0 Å². The Morgan fingerprint density at radius 1 is 1.12 bits per heavy atom. The van der Waals surface area contributed by atoms with Gasteiger partial charge in [0.15, 0.2) is 11.5 Å². The molecule has 1 aliphatic carbocycles. The maximum absolute atomic E-state index is 12.8. The third-order valence-electron chi connectivity index (χ3n) is 5.51. The Kier molecular flexibility index (Phi) is 6.65. The summed E-state index contributed by atoms with van der Waals surface area (Å²) in [5, 5.41) is 2.95. The largest absolute Gasteiger partial charge is 0.486 e. The number of hydrogen-bond acceptors (Lipinski definition) is 7. The quantitative estimate of drug-likeness (QED) is 0.355. The number of aryl methyl sites for hydroxylation is 2. The molecule has 0 saturated heterocycles. The van der Waals surface area contributed by atoms with Gasteiger partial charge < -0.3 is 19.2 Å². The fourth-order valence-electron chi connectivity index (χ4n) is 3.92. The summed E-state index contributed by atoms with van der Waals surface area (Å²) in [5.41, 5.74) is 3.37. The van der Waals surface area contributed by atoms with E-state index in [9.17, 15) is 14.4 Å². The van der Waals surface area contributed by atoms with Gasteiger partial charge >= 0.3 is 5.97 Å². The number of carbonyl (C=O) groups excluding carboxylic acids is 3. The Hall–Kier alpha value is -3.39. The van der Waals surface area contributed by atoms with Gasteiger partial charge in [0.1, 0.15) is 23.1 Å². The molecule has 7 nitrogen and oxygen atoms in total. The Bertz CT molecular complexity index is 1220. The van der Waals surface area contributed by atoms with E-state index < -0.39 is 11.9 Å². The highest BCUT2D eigenvalue weighted by atomic mass is 32.1. The van der Waals surface area contributed by atoms with Crippen LogP contribution >= 0.6 is 11.3 Å². The van der Waals surface area contributed by atoms with Crippen molar-refractivity contribution >= 4 is 34.0 Å². The molecular formula is C25H25NO6S. The van der Waals surface area contributed by atoms with Gasteiger partial charge in [0.05, 0.1) is 17.0 Å². The van der Waals surface area contributed by atoms with Crippen LogP contribution in [0.3, 0.4) is 0 Å². The normalized spacial score (nSPS) is 12.3. The minimum absolute atomic E-state index is 0.0767. The van der Waals surface area contributed by atoms with Gasteiger partial charge in [-0.3, -0.25) is 9.59 Å². The van der Waals surface area contributed by atoms with Crippen molar-refractivity contribution in [3.8, 4) is 5.75 Å². The maximum atomic E-state index is 12.8. The van der Waals surface area contributed by atoms with Crippen LogP contribution in [0.15, 0.2) is 34.7 Å². The number of benzene rings is 1.